The maximum Gasteiger partial charge on any atom is 0.130 e. The first kappa shape index (κ1) is 22.5. The molecule has 0 aliphatic heterocycles. The second kappa shape index (κ2) is 9.96. The molecule has 0 atom stereocenters. The standard InChI is InChI=1S/C33H26N4/c1-6-16-26(17-7-1)31-32(27-18-8-2-9-19-27)37(36-34-31)35-33(28-20-10-3-11-21-28,29-22-12-4-13-23-29)30-24-14-5-15-25-30/h1-25,35H. The highest BCUT2D eigenvalue weighted by molar-refractivity contribution is 5.78. The van der Waals surface area contributed by atoms with Gasteiger partial charge in [0.05, 0.1) is 0 Å². The van der Waals surface area contributed by atoms with Crippen molar-refractivity contribution in [3.05, 3.63) is 168 Å². The van der Waals surface area contributed by atoms with Gasteiger partial charge in [0, 0.05) is 11.1 Å². The second-order valence-corrected chi connectivity index (χ2v) is 8.89. The first-order valence-electron chi connectivity index (χ1n) is 12.4. The molecular weight excluding hydrogens is 452 g/mol. The van der Waals surface area contributed by atoms with Gasteiger partial charge in [0.2, 0.25) is 0 Å². The normalized spacial score (nSPS) is 11.2. The first-order chi connectivity index (χ1) is 18.4. The van der Waals surface area contributed by atoms with Crippen LogP contribution < -0.4 is 5.43 Å². The summed E-state index contributed by atoms with van der Waals surface area (Å²) in [5.74, 6) is 0. The van der Waals surface area contributed by atoms with Crippen LogP contribution in [0.5, 0.6) is 0 Å². The van der Waals surface area contributed by atoms with Crippen molar-refractivity contribution >= 4 is 0 Å². The van der Waals surface area contributed by atoms with Crippen LogP contribution in [0.1, 0.15) is 16.7 Å². The number of rotatable bonds is 7. The molecule has 0 bridgehead atoms. The van der Waals surface area contributed by atoms with E-state index in [9.17, 15) is 0 Å². The summed E-state index contributed by atoms with van der Waals surface area (Å²) >= 11 is 0. The third-order valence-corrected chi connectivity index (χ3v) is 6.66. The van der Waals surface area contributed by atoms with Gasteiger partial charge >= 0.3 is 0 Å². The van der Waals surface area contributed by atoms with Gasteiger partial charge in [-0.05, 0) is 21.9 Å². The van der Waals surface area contributed by atoms with E-state index in [1.165, 1.54) is 0 Å². The Kier molecular flexibility index (Phi) is 6.05. The lowest BCUT2D eigenvalue weighted by atomic mass is 9.77. The average molecular weight is 479 g/mol. The summed E-state index contributed by atoms with van der Waals surface area (Å²) in [5, 5.41) is 9.36. The van der Waals surface area contributed by atoms with Crippen molar-refractivity contribution in [2.24, 2.45) is 0 Å². The maximum atomic E-state index is 4.69. The molecule has 37 heavy (non-hydrogen) atoms. The van der Waals surface area contributed by atoms with Crippen LogP contribution in [0.15, 0.2) is 152 Å². The molecule has 0 aliphatic rings. The summed E-state index contributed by atoms with van der Waals surface area (Å²) in [4.78, 5) is 1.84. The van der Waals surface area contributed by atoms with Gasteiger partial charge in [-0.25, -0.2) is 0 Å². The molecule has 4 heteroatoms. The Morgan fingerprint density at radius 3 is 1.27 bits per heavy atom. The van der Waals surface area contributed by atoms with Gasteiger partial charge in [0.25, 0.3) is 0 Å². The van der Waals surface area contributed by atoms with Crippen LogP contribution in [-0.2, 0) is 5.54 Å². The summed E-state index contributed by atoms with van der Waals surface area (Å²) in [5.41, 5.74) is 10.2. The van der Waals surface area contributed by atoms with E-state index < -0.39 is 5.54 Å². The highest BCUT2D eigenvalue weighted by atomic mass is 15.6. The van der Waals surface area contributed by atoms with Crippen LogP contribution in [0.2, 0.25) is 0 Å². The molecule has 4 nitrogen and oxygen atoms in total. The van der Waals surface area contributed by atoms with E-state index in [0.29, 0.717) is 0 Å². The quantitative estimate of drug-likeness (QED) is 0.248. The van der Waals surface area contributed by atoms with E-state index in [-0.39, 0.29) is 0 Å². The van der Waals surface area contributed by atoms with Crippen LogP contribution in [0.25, 0.3) is 22.5 Å². The molecular formula is C33H26N4. The number of hydrogen-bond donors (Lipinski definition) is 1. The van der Waals surface area contributed by atoms with Gasteiger partial charge in [-0.15, -0.1) is 5.10 Å². The van der Waals surface area contributed by atoms with Crippen molar-refractivity contribution in [2.75, 3.05) is 5.43 Å². The Morgan fingerprint density at radius 2 is 0.838 bits per heavy atom. The molecule has 0 unspecified atom stereocenters. The highest BCUT2D eigenvalue weighted by Crippen LogP contribution is 2.39. The largest absolute Gasteiger partial charge is 0.288 e. The van der Waals surface area contributed by atoms with Gasteiger partial charge < -0.3 is 0 Å². The number of nitrogens with zero attached hydrogens (tertiary/aromatic N) is 3. The lowest BCUT2D eigenvalue weighted by Gasteiger charge is -2.37. The number of hydrogen-bond acceptors (Lipinski definition) is 3. The van der Waals surface area contributed by atoms with Gasteiger partial charge in [-0.1, -0.05) is 152 Å². The molecule has 0 radical (unpaired) electrons. The number of aromatic nitrogens is 3. The van der Waals surface area contributed by atoms with Crippen molar-refractivity contribution in [3.8, 4) is 22.5 Å². The van der Waals surface area contributed by atoms with Crippen LogP contribution in [-0.4, -0.2) is 15.1 Å². The van der Waals surface area contributed by atoms with Gasteiger partial charge in [-0.2, -0.15) is 4.79 Å². The molecule has 6 rings (SSSR count). The Morgan fingerprint density at radius 1 is 0.459 bits per heavy atom. The number of benzene rings is 5. The van der Waals surface area contributed by atoms with Crippen molar-refractivity contribution in [1.29, 1.82) is 0 Å². The Balaban J connectivity index is 1.63. The van der Waals surface area contributed by atoms with E-state index >= 15 is 0 Å². The van der Waals surface area contributed by atoms with E-state index in [4.69, 9.17) is 0 Å². The number of nitrogens with one attached hydrogen (secondary N) is 1. The van der Waals surface area contributed by atoms with Crippen molar-refractivity contribution in [3.63, 3.8) is 0 Å². The lowest BCUT2D eigenvalue weighted by molar-refractivity contribution is 0.563. The SMILES string of the molecule is c1ccc(-c2nnn(NC(c3ccccc3)(c3ccccc3)c3ccccc3)c2-c2ccccc2)cc1. The van der Waals surface area contributed by atoms with Crippen LogP contribution >= 0.6 is 0 Å². The summed E-state index contributed by atoms with van der Waals surface area (Å²) in [6.07, 6.45) is 0. The maximum absolute atomic E-state index is 4.69. The highest BCUT2D eigenvalue weighted by Gasteiger charge is 2.38. The topological polar surface area (TPSA) is 42.7 Å². The molecule has 0 spiro atoms. The molecule has 1 heterocycles. The molecule has 0 saturated carbocycles. The summed E-state index contributed by atoms with van der Waals surface area (Å²) in [7, 11) is 0. The molecule has 6 aromatic rings. The second-order valence-electron chi connectivity index (χ2n) is 8.89. The molecule has 178 valence electrons. The molecule has 5 aromatic carbocycles. The fourth-order valence-electron chi connectivity index (χ4n) is 4.92. The fourth-order valence-corrected chi connectivity index (χ4v) is 4.92. The lowest BCUT2D eigenvalue weighted by Crippen LogP contribution is -2.43. The molecule has 0 amide bonds. The van der Waals surface area contributed by atoms with Crippen molar-refractivity contribution in [1.82, 2.24) is 15.1 Å². The van der Waals surface area contributed by atoms with E-state index in [1.54, 1.807) is 0 Å². The molecule has 1 aromatic heterocycles. The zero-order valence-electron chi connectivity index (χ0n) is 20.3. The fraction of sp³-hybridized carbons (Fsp3) is 0.0303. The van der Waals surface area contributed by atoms with E-state index in [2.05, 4.69) is 113 Å². The molecule has 0 aliphatic carbocycles. The third kappa shape index (κ3) is 4.19. The zero-order valence-corrected chi connectivity index (χ0v) is 20.3. The Hall–Kier alpha value is -4.96. The smallest absolute Gasteiger partial charge is 0.130 e. The average Bonchev–Trinajstić information content (AvgIpc) is 3.41. The predicted octanol–water partition coefficient (Wildman–Crippen LogP) is 7.15. The van der Waals surface area contributed by atoms with Crippen LogP contribution in [0, 0.1) is 0 Å². The molecule has 0 saturated heterocycles. The summed E-state index contributed by atoms with van der Waals surface area (Å²) in [6, 6.07) is 52.0. The zero-order chi connectivity index (χ0) is 24.9. The minimum Gasteiger partial charge on any atom is -0.288 e. The summed E-state index contributed by atoms with van der Waals surface area (Å²) in [6.45, 7) is 0. The van der Waals surface area contributed by atoms with E-state index in [1.807, 2.05) is 59.4 Å². The minimum absolute atomic E-state index is 0.727. The van der Waals surface area contributed by atoms with Gasteiger partial charge in [-0.3, -0.25) is 5.43 Å². The third-order valence-electron chi connectivity index (χ3n) is 6.66. The van der Waals surface area contributed by atoms with E-state index in [0.717, 1.165) is 39.2 Å². The van der Waals surface area contributed by atoms with Gasteiger partial charge in [0.1, 0.15) is 16.9 Å². The Labute approximate surface area is 216 Å². The van der Waals surface area contributed by atoms with Crippen molar-refractivity contribution in [2.45, 2.75) is 5.54 Å². The Bertz CT molecular complexity index is 1470. The predicted molar refractivity (Wildman–Crippen MR) is 149 cm³/mol. The minimum atomic E-state index is -0.727. The van der Waals surface area contributed by atoms with Crippen LogP contribution in [0.3, 0.4) is 0 Å². The molecule has 0 fully saturated rings. The van der Waals surface area contributed by atoms with Crippen LogP contribution in [0.4, 0.5) is 0 Å². The van der Waals surface area contributed by atoms with Crippen molar-refractivity contribution < 1.29 is 0 Å². The first-order valence-corrected chi connectivity index (χ1v) is 12.4. The summed E-state index contributed by atoms with van der Waals surface area (Å²) < 4.78 is 0. The molecule has 1 N–H and O–H groups in total. The van der Waals surface area contributed by atoms with Gasteiger partial charge in [0.15, 0.2) is 0 Å². The monoisotopic (exact) mass is 478 g/mol.